The van der Waals surface area contributed by atoms with Crippen molar-refractivity contribution in [1.29, 1.82) is 0 Å². The van der Waals surface area contributed by atoms with Crippen LogP contribution in [0.15, 0.2) is 24.3 Å². The number of hydrogen-bond acceptors (Lipinski definition) is 2. The van der Waals surface area contributed by atoms with E-state index < -0.39 is 18.3 Å². The van der Waals surface area contributed by atoms with Crippen molar-refractivity contribution in [3.05, 3.63) is 34.9 Å². The fourth-order valence-electron chi connectivity index (χ4n) is 1.54. The zero-order valence-electron chi connectivity index (χ0n) is 9.89. The predicted molar refractivity (Wildman–Crippen MR) is 64.7 cm³/mol. The van der Waals surface area contributed by atoms with E-state index in [2.05, 4.69) is 5.32 Å². The fraction of sp³-hybridized carbons (Fsp3) is 0.500. The van der Waals surface area contributed by atoms with Crippen molar-refractivity contribution in [3.8, 4) is 0 Å². The summed E-state index contributed by atoms with van der Waals surface area (Å²) in [7, 11) is 0. The number of aliphatic hydroxyl groups excluding tert-OH is 1. The maximum absolute atomic E-state index is 12.2. The van der Waals surface area contributed by atoms with Gasteiger partial charge in [0.05, 0.1) is 13.2 Å². The summed E-state index contributed by atoms with van der Waals surface area (Å²) in [4.78, 5) is 0. The molecule has 0 aromatic heterocycles. The van der Waals surface area contributed by atoms with Crippen LogP contribution in [0.1, 0.15) is 12.5 Å². The summed E-state index contributed by atoms with van der Waals surface area (Å²) in [5.74, 6) is 0. The van der Waals surface area contributed by atoms with Crippen molar-refractivity contribution < 1.29 is 18.3 Å². The number of nitrogens with one attached hydrogen (secondary N) is 1. The summed E-state index contributed by atoms with van der Waals surface area (Å²) in [6, 6.07) is 6.79. The lowest BCUT2D eigenvalue weighted by molar-refractivity contribution is -0.129. The van der Waals surface area contributed by atoms with Crippen LogP contribution in [-0.4, -0.2) is 30.0 Å². The van der Waals surface area contributed by atoms with Gasteiger partial charge in [-0.15, -0.1) is 0 Å². The van der Waals surface area contributed by atoms with E-state index in [9.17, 15) is 18.3 Å². The third kappa shape index (κ3) is 5.25. The summed E-state index contributed by atoms with van der Waals surface area (Å²) in [6.07, 6.45) is -4.01. The molecule has 6 heteroatoms. The van der Waals surface area contributed by atoms with Crippen molar-refractivity contribution in [1.82, 2.24) is 5.32 Å². The van der Waals surface area contributed by atoms with Gasteiger partial charge in [-0.25, -0.2) is 0 Å². The van der Waals surface area contributed by atoms with E-state index in [0.717, 1.165) is 5.56 Å². The standard InChI is InChI=1S/C12H15ClF3NO/c1-11(8-18,17-7-12(14,15)16)6-9-2-4-10(13)5-3-9/h2-5,17-18H,6-8H2,1H3. The topological polar surface area (TPSA) is 32.3 Å². The molecule has 0 heterocycles. The van der Waals surface area contributed by atoms with Crippen molar-refractivity contribution in [2.75, 3.05) is 13.2 Å². The third-order valence-corrected chi connectivity index (χ3v) is 2.82. The van der Waals surface area contributed by atoms with Crippen LogP contribution in [0.5, 0.6) is 0 Å². The first-order chi connectivity index (χ1) is 8.24. The first kappa shape index (κ1) is 15.3. The maximum Gasteiger partial charge on any atom is 0.401 e. The molecule has 1 rings (SSSR count). The van der Waals surface area contributed by atoms with Crippen LogP contribution in [0.4, 0.5) is 13.2 Å². The Morgan fingerprint density at radius 2 is 1.78 bits per heavy atom. The zero-order valence-corrected chi connectivity index (χ0v) is 10.6. The molecule has 1 atom stereocenters. The SMILES string of the molecule is CC(CO)(Cc1ccc(Cl)cc1)NCC(F)(F)F. The van der Waals surface area contributed by atoms with Gasteiger partial charge in [-0.1, -0.05) is 23.7 Å². The molecule has 0 aliphatic carbocycles. The molecule has 2 N–H and O–H groups in total. The Morgan fingerprint density at radius 3 is 2.22 bits per heavy atom. The number of benzene rings is 1. The molecule has 0 radical (unpaired) electrons. The molecule has 18 heavy (non-hydrogen) atoms. The highest BCUT2D eigenvalue weighted by atomic mass is 35.5. The quantitative estimate of drug-likeness (QED) is 0.870. The average Bonchev–Trinajstić information content (AvgIpc) is 2.29. The van der Waals surface area contributed by atoms with Gasteiger partial charge in [-0.3, -0.25) is 0 Å². The summed E-state index contributed by atoms with van der Waals surface area (Å²) >= 11 is 5.72. The van der Waals surface area contributed by atoms with Crippen LogP contribution in [0.2, 0.25) is 5.02 Å². The van der Waals surface area contributed by atoms with E-state index in [0.29, 0.717) is 5.02 Å². The molecule has 0 fully saturated rings. The van der Waals surface area contributed by atoms with E-state index in [1.807, 2.05) is 0 Å². The average molecular weight is 282 g/mol. The van der Waals surface area contributed by atoms with Crippen molar-refractivity contribution >= 4 is 11.6 Å². The second kappa shape index (κ2) is 5.91. The van der Waals surface area contributed by atoms with E-state index in [1.54, 1.807) is 31.2 Å². The third-order valence-electron chi connectivity index (χ3n) is 2.57. The van der Waals surface area contributed by atoms with Crippen LogP contribution in [-0.2, 0) is 6.42 Å². The lowest BCUT2D eigenvalue weighted by Gasteiger charge is -2.29. The Bertz CT molecular complexity index is 380. The number of aliphatic hydroxyl groups is 1. The highest BCUT2D eigenvalue weighted by Crippen LogP contribution is 2.19. The fourth-order valence-corrected chi connectivity index (χ4v) is 1.67. The van der Waals surface area contributed by atoms with Gasteiger partial charge in [0.25, 0.3) is 0 Å². The molecule has 0 bridgehead atoms. The monoisotopic (exact) mass is 281 g/mol. The molecule has 0 amide bonds. The molecule has 0 spiro atoms. The maximum atomic E-state index is 12.2. The Kier molecular flexibility index (Phi) is 5.01. The van der Waals surface area contributed by atoms with Gasteiger partial charge < -0.3 is 10.4 Å². The Balaban J connectivity index is 2.67. The summed E-state index contributed by atoms with van der Waals surface area (Å²) in [5.41, 5.74) is -0.200. The number of halogens is 4. The van der Waals surface area contributed by atoms with Crippen LogP contribution in [0, 0.1) is 0 Å². The number of rotatable bonds is 5. The van der Waals surface area contributed by atoms with E-state index in [-0.39, 0.29) is 13.0 Å². The smallest absolute Gasteiger partial charge is 0.394 e. The molecule has 1 aromatic rings. The van der Waals surface area contributed by atoms with Gasteiger partial charge in [0.2, 0.25) is 0 Å². The van der Waals surface area contributed by atoms with Crippen LogP contribution in [0.25, 0.3) is 0 Å². The summed E-state index contributed by atoms with van der Waals surface area (Å²) < 4.78 is 36.5. The van der Waals surface area contributed by atoms with Crippen LogP contribution < -0.4 is 5.32 Å². The van der Waals surface area contributed by atoms with Crippen molar-refractivity contribution in [2.45, 2.75) is 25.1 Å². The van der Waals surface area contributed by atoms with E-state index >= 15 is 0 Å². The first-order valence-corrected chi connectivity index (χ1v) is 5.79. The first-order valence-electron chi connectivity index (χ1n) is 5.41. The largest absolute Gasteiger partial charge is 0.401 e. The molecule has 0 aliphatic heterocycles. The minimum Gasteiger partial charge on any atom is -0.394 e. The summed E-state index contributed by atoms with van der Waals surface area (Å²) in [5, 5.41) is 12.1. The Hall–Kier alpha value is -0.780. The zero-order chi connectivity index (χ0) is 13.8. The van der Waals surface area contributed by atoms with Gasteiger partial charge in [0.1, 0.15) is 0 Å². The Labute approximate surface area is 109 Å². The minimum absolute atomic E-state index is 0.288. The normalized spacial score (nSPS) is 15.4. The molecule has 2 nitrogen and oxygen atoms in total. The van der Waals surface area contributed by atoms with Gasteiger partial charge in [0.15, 0.2) is 0 Å². The second-order valence-corrected chi connectivity index (χ2v) is 4.93. The highest BCUT2D eigenvalue weighted by Gasteiger charge is 2.32. The number of hydrogen-bond donors (Lipinski definition) is 2. The van der Waals surface area contributed by atoms with Crippen LogP contribution in [0.3, 0.4) is 0 Å². The summed E-state index contributed by atoms with van der Waals surface area (Å²) in [6.45, 7) is 0.0384. The molecule has 1 aromatic carbocycles. The van der Waals surface area contributed by atoms with Crippen molar-refractivity contribution in [3.63, 3.8) is 0 Å². The lowest BCUT2D eigenvalue weighted by Crippen LogP contribution is -2.51. The second-order valence-electron chi connectivity index (χ2n) is 4.49. The highest BCUT2D eigenvalue weighted by molar-refractivity contribution is 6.30. The molecule has 0 aliphatic rings. The Morgan fingerprint density at radius 1 is 1.22 bits per heavy atom. The van der Waals surface area contributed by atoms with Crippen molar-refractivity contribution in [2.24, 2.45) is 0 Å². The van der Waals surface area contributed by atoms with E-state index in [1.165, 1.54) is 0 Å². The predicted octanol–water partition coefficient (Wildman–Crippen LogP) is 2.79. The van der Waals surface area contributed by atoms with Gasteiger partial charge in [-0.05, 0) is 31.0 Å². The molecule has 0 saturated heterocycles. The van der Waals surface area contributed by atoms with Crippen LogP contribution >= 0.6 is 11.6 Å². The minimum atomic E-state index is -4.30. The molecular formula is C12H15ClF3NO. The van der Waals surface area contributed by atoms with Gasteiger partial charge in [0, 0.05) is 10.6 Å². The number of alkyl halides is 3. The molecule has 102 valence electrons. The van der Waals surface area contributed by atoms with E-state index in [4.69, 9.17) is 11.6 Å². The van der Waals surface area contributed by atoms with Gasteiger partial charge >= 0.3 is 6.18 Å². The molecule has 1 unspecified atom stereocenters. The molecule has 0 saturated carbocycles. The van der Waals surface area contributed by atoms with Gasteiger partial charge in [-0.2, -0.15) is 13.2 Å². The molecular weight excluding hydrogens is 267 g/mol. The lowest BCUT2D eigenvalue weighted by atomic mass is 9.93.